The number of hydrogen-bond acceptors (Lipinski definition) is 4. The Hall–Kier alpha value is -1.56. The van der Waals surface area contributed by atoms with E-state index in [1.807, 2.05) is 13.8 Å². The number of aromatic nitrogens is 2. The van der Waals surface area contributed by atoms with Gasteiger partial charge in [0.25, 0.3) is 5.91 Å². The lowest BCUT2D eigenvalue weighted by atomic mass is 10.3. The van der Waals surface area contributed by atoms with E-state index >= 15 is 0 Å². The van der Waals surface area contributed by atoms with Crippen LogP contribution in [0.15, 0.2) is 6.20 Å². The SMILES string of the molecule is CCC(N)NC(=O)c1cnn(CC)c1N. The van der Waals surface area contributed by atoms with Crippen LogP contribution in [0.2, 0.25) is 0 Å². The van der Waals surface area contributed by atoms with Crippen LogP contribution in [0.4, 0.5) is 5.82 Å². The van der Waals surface area contributed by atoms with E-state index in [0.717, 1.165) is 0 Å². The maximum atomic E-state index is 11.6. The Morgan fingerprint density at radius 3 is 2.80 bits per heavy atom. The van der Waals surface area contributed by atoms with E-state index in [-0.39, 0.29) is 12.1 Å². The molecule has 0 aliphatic rings. The summed E-state index contributed by atoms with van der Waals surface area (Å²) in [6.45, 7) is 4.44. The fraction of sp³-hybridized carbons (Fsp3) is 0.556. The molecular weight excluding hydrogens is 194 g/mol. The molecule has 6 nitrogen and oxygen atoms in total. The van der Waals surface area contributed by atoms with E-state index in [1.54, 1.807) is 4.68 Å². The first-order chi connectivity index (χ1) is 7.10. The summed E-state index contributed by atoms with van der Waals surface area (Å²) in [6, 6.07) is 0. The standard InChI is InChI=1S/C9H17N5O/c1-3-7(10)13-9(15)6-5-12-14(4-2)8(6)11/h5,7H,3-4,10-11H2,1-2H3,(H,13,15). The molecule has 0 spiro atoms. The number of rotatable bonds is 4. The Morgan fingerprint density at radius 1 is 1.67 bits per heavy atom. The zero-order chi connectivity index (χ0) is 11.4. The number of nitrogens with one attached hydrogen (secondary N) is 1. The Bertz CT molecular complexity index is 346. The van der Waals surface area contributed by atoms with Gasteiger partial charge < -0.3 is 16.8 Å². The molecule has 1 aromatic heterocycles. The summed E-state index contributed by atoms with van der Waals surface area (Å²) in [5, 5.41) is 6.61. The van der Waals surface area contributed by atoms with Crippen molar-refractivity contribution in [3.63, 3.8) is 0 Å². The highest BCUT2D eigenvalue weighted by Gasteiger charge is 2.15. The summed E-state index contributed by atoms with van der Waals surface area (Å²) < 4.78 is 1.56. The largest absolute Gasteiger partial charge is 0.383 e. The number of aryl methyl sites for hydroxylation is 1. The van der Waals surface area contributed by atoms with E-state index in [2.05, 4.69) is 10.4 Å². The fourth-order valence-electron chi connectivity index (χ4n) is 1.17. The minimum absolute atomic E-state index is 0.276. The lowest BCUT2D eigenvalue weighted by Gasteiger charge is -2.10. The molecular formula is C9H17N5O. The number of hydrogen-bond donors (Lipinski definition) is 3. The zero-order valence-corrected chi connectivity index (χ0v) is 9.03. The van der Waals surface area contributed by atoms with E-state index in [0.29, 0.717) is 24.3 Å². The third-order valence-corrected chi connectivity index (χ3v) is 2.18. The number of carbonyl (C=O) groups excluding carboxylic acids is 1. The van der Waals surface area contributed by atoms with Crippen LogP contribution in [0.5, 0.6) is 0 Å². The summed E-state index contributed by atoms with van der Waals surface area (Å²) in [4.78, 5) is 11.6. The molecule has 0 aromatic carbocycles. The Balaban J connectivity index is 2.78. The van der Waals surface area contributed by atoms with Gasteiger partial charge in [0.15, 0.2) is 0 Å². The van der Waals surface area contributed by atoms with Gasteiger partial charge in [0, 0.05) is 6.54 Å². The molecule has 1 aromatic rings. The number of nitrogen functional groups attached to an aromatic ring is 1. The third kappa shape index (κ3) is 2.47. The van der Waals surface area contributed by atoms with Crippen molar-refractivity contribution in [3.8, 4) is 0 Å². The smallest absolute Gasteiger partial charge is 0.257 e. The first-order valence-corrected chi connectivity index (χ1v) is 4.97. The van der Waals surface area contributed by atoms with Crippen molar-refractivity contribution in [3.05, 3.63) is 11.8 Å². The normalized spacial score (nSPS) is 12.5. The first-order valence-electron chi connectivity index (χ1n) is 4.97. The van der Waals surface area contributed by atoms with E-state index in [1.165, 1.54) is 6.20 Å². The van der Waals surface area contributed by atoms with Crippen molar-refractivity contribution in [1.82, 2.24) is 15.1 Å². The van der Waals surface area contributed by atoms with Crippen LogP contribution in [0.1, 0.15) is 30.6 Å². The van der Waals surface area contributed by atoms with Crippen LogP contribution < -0.4 is 16.8 Å². The van der Waals surface area contributed by atoms with Gasteiger partial charge in [0.1, 0.15) is 11.4 Å². The van der Waals surface area contributed by atoms with Gasteiger partial charge in [-0.2, -0.15) is 5.10 Å². The number of nitrogens with two attached hydrogens (primary N) is 2. The molecule has 5 N–H and O–H groups in total. The van der Waals surface area contributed by atoms with Crippen LogP contribution in [-0.2, 0) is 6.54 Å². The molecule has 1 unspecified atom stereocenters. The third-order valence-electron chi connectivity index (χ3n) is 2.18. The molecule has 0 saturated carbocycles. The molecule has 6 heteroatoms. The predicted octanol–water partition coefficient (Wildman–Crippen LogP) is -0.0902. The molecule has 0 bridgehead atoms. The van der Waals surface area contributed by atoms with Crippen molar-refractivity contribution in [1.29, 1.82) is 0 Å². The van der Waals surface area contributed by atoms with Crippen LogP contribution in [0.3, 0.4) is 0 Å². The van der Waals surface area contributed by atoms with Gasteiger partial charge in [-0.15, -0.1) is 0 Å². The number of amides is 1. The zero-order valence-electron chi connectivity index (χ0n) is 9.03. The minimum Gasteiger partial charge on any atom is -0.383 e. The van der Waals surface area contributed by atoms with Gasteiger partial charge in [-0.25, -0.2) is 4.68 Å². The molecule has 15 heavy (non-hydrogen) atoms. The molecule has 1 atom stereocenters. The van der Waals surface area contributed by atoms with Crippen LogP contribution in [0.25, 0.3) is 0 Å². The number of carbonyl (C=O) groups is 1. The summed E-state index contributed by atoms with van der Waals surface area (Å²) in [6.07, 6.45) is 1.78. The highest BCUT2D eigenvalue weighted by atomic mass is 16.1. The van der Waals surface area contributed by atoms with Gasteiger partial charge in [-0.05, 0) is 13.3 Å². The summed E-state index contributed by atoms with van der Waals surface area (Å²) in [5.74, 6) is 0.0971. The van der Waals surface area contributed by atoms with E-state index in [4.69, 9.17) is 11.5 Å². The average molecular weight is 211 g/mol. The molecule has 0 aliphatic heterocycles. The van der Waals surface area contributed by atoms with E-state index < -0.39 is 0 Å². The summed E-state index contributed by atoms with van der Waals surface area (Å²) in [5.41, 5.74) is 11.7. The van der Waals surface area contributed by atoms with E-state index in [9.17, 15) is 4.79 Å². The van der Waals surface area contributed by atoms with Gasteiger partial charge >= 0.3 is 0 Å². The lowest BCUT2D eigenvalue weighted by molar-refractivity contribution is 0.0938. The molecule has 0 fully saturated rings. The fourth-order valence-corrected chi connectivity index (χ4v) is 1.17. The lowest BCUT2D eigenvalue weighted by Crippen LogP contribution is -2.41. The van der Waals surface area contributed by atoms with Crippen molar-refractivity contribution >= 4 is 11.7 Å². The maximum Gasteiger partial charge on any atom is 0.257 e. The molecule has 0 radical (unpaired) electrons. The van der Waals surface area contributed by atoms with Gasteiger partial charge in [0.2, 0.25) is 0 Å². The van der Waals surface area contributed by atoms with Crippen LogP contribution in [0, 0.1) is 0 Å². The molecule has 1 rings (SSSR count). The topological polar surface area (TPSA) is 99.0 Å². The van der Waals surface area contributed by atoms with Gasteiger partial charge in [-0.3, -0.25) is 4.79 Å². The molecule has 0 saturated heterocycles. The van der Waals surface area contributed by atoms with Crippen molar-refractivity contribution in [2.24, 2.45) is 5.73 Å². The van der Waals surface area contributed by atoms with Crippen molar-refractivity contribution < 1.29 is 4.79 Å². The monoisotopic (exact) mass is 211 g/mol. The quantitative estimate of drug-likeness (QED) is 0.606. The van der Waals surface area contributed by atoms with Crippen LogP contribution in [-0.4, -0.2) is 21.9 Å². The molecule has 1 heterocycles. The van der Waals surface area contributed by atoms with Gasteiger partial charge in [0.05, 0.1) is 12.4 Å². The minimum atomic E-state index is -0.345. The molecule has 0 aliphatic carbocycles. The second kappa shape index (κ2) is 4.79. The predicted molar refractivity (Wildman–Crippen MR) is 58.0 cm³/mol. The average Bonchev–Trinajstić information content (AvgIpc) is 2.59. The molecule has 84 valence electrons. The van der Waals surface area contributed by atoms with Crippen molar-refractivity contribution in [2.75, 3.05) is 5.73 Å². The second-order valence-corrected chi connectivity index (χ2v) is 3.25. The Labute approximate surface area is 88.6 Å². The maximum absolute atomic E-state index is 11.6. The Kier molecular flexibility index (Phi) is 3.68. The first kappa shape index (κ1) is 11.5. The van der Waals surface area contributed by atoms with Gasteiger partial charge in [-0.1, -0.05) is 6.92 Å². The summed E-state index contributed by atoms with van der Waals surface area (Å²) >= 11 is 0. The Morgan fingerprint density at radius 2 is 2.33 bits per heavy atom. The van der Waals surface area contributed by atoms with Crippen LogP contribution >= 0.6 is 0 Å². The highest BCUT2D eigenvalue weighted by Crippen LogP contribution is 2.10. The summed E-state index contributed by atoms with van der Waals surface area (Å²) in [7, 11) is 0. The second-order valence-electron chi connectivity index (χ2n) is 3.25. The van der Waals surface area contributed by atoms with Crippen molar-refractivity contribution in [2.45, 2.75) is 33.0 Å². The molecule has 1 amide bonds. The highest BCUT2D eigenvalue weighted by molar-refractivity contribution is 5.98. The number of nitrogens with zero attached hydrogens (tertiary/aromatic N) is 2. The number of anilines is 1.